The van der Waals surface area contributed by atoms with Crippen molar-refractivity contribution in [1.82, 2.24) is 20.3 Å². The standard InChI is InChI=1S/C35H47N7O4/c1-6-27-32(37-21-29(34(44)46-35(2,3)4)40-30(43)20-23-9-12-26(45-5)13-10-23)38-22-39-33(27)42-18-15-24(16-19-42)28-14-11-25-8-7-17-36-31(25)41-28/h9-14,22,24,29H,6-8,15-21H2,1-5H3,(H,36,41)(H,40,43)(H,37,38,39)/t29-/m0/s1. The van der Waals surface area contributed by atoms with Gasteiger partial charge in [0.2, 0.25) is 5.91 Å². The molecule has 0 saturated carbocycles. The minimum Gasteiger partial charge on any atom is -0.497 e. The minimum atomic E-state index is -0.914. The van der Waals surface area contributed by atoms with Gasteiger partial charge in [-0.2, -0.15) is 0 Å². The molecule has 0 aliphatic carbocycles. The van der Waals surface area contributed by atoms with Crippen molar-refractivity contribution in [3.63, 3.8) is 0 Å². The van der Waals surface area contributed by atoms with Crippen LogP contribution in [0.1, 0.15) is 75.3 Å². The fraction of sp³-hybridized carbons (Fsp3) is 0.514. The minimum absolute atomic E-state index is 0.118. The van der Waals surface area contributed by atoms with Crippen molar-refractivity contribution in [3.05, 3.63) is 65.1 Å². The topological polar surface area (TPSA) is 131 Å². The average Bonchev–Trinajstić information content (AvgIpc) is 3.05. The van der Waals surface area contributed by atoms with Crippen LogP contribution in [0.15, 0.2) is 42.7 Å². The number of fused-ring (bicyclic) bond motifs is 1. The summed E-state index contributed by atoms with van der Waals surface area (Å²) in [5.41, 5.74) is 3.56. The Hall–Kier alpha value is -4.41. The van der Waals surface area contributed by atoms with Gasteiger partial charge in [0.1, 0.15) is 41.2 Å². The van der Waals surface area contributed by atoms with Gasteiger partial charge in [-0.3, -0.25) is 4.79 Å². The van der Waals surface area contributed by atoms with Gasteiger partial charge in [-0.15, -0.1) is 0 Å². The summed E-state index contributed by atoms with van der Waals surface area (Å²) >= 11 is 0. The number of carbonyl (C=O) groups is 2. The van der Waals surface area contributed by atoms with Crippen LogP contribution in [-0.2, 0) is 33.6 Å². The zero-order valence-electron chi connectivity index (χ0n) is 27.7. The van der Waals surface area contributed by atoms with E-state index in [0.29, 0.717) is 23.9 Å². The van der Waals surface area contributed by atoms with Crippen LogP contribution >= 0.6 is 0 Å². The first-order valence-electron chi connectivity index (χ1n) is 16.3. The molecule has 0 bridgehead atoms. The quantitative estimate of drug-likeness (QED) is 0.257. The lowest BCUT2D eigenvalue weighted by atomic mass is 9.92. The lowest BCUT2D eigenvalue weighted by Crippen LogP contribution is -2.48. The molecule has 0 spiro atoms. The third-order valence-corrected chi connectivity index (χ3v) is 8.43. The van der Waals surface area contributed by atoms with E-state index in [1.54, 1.807) is 25.6 Å². The lowest BCUT2D eigenvalue weighted by Gasteiger charge is -2.34. The summed E-state index contributed by atoms with van der Waals surface area (Å²) in [6.45, 7) is 10.3. The monoisotopic (exact) mass is 629 g/mol. The molecule has 2 aliphatic rings. The predicted octanol–water partition coefficient (Wildman–Crippen LogP) is 4.67. The number of nitrogens with one attached hydrogen (secondary N) is 3. The number of amides is 1. The first-order valence-corrected chi connectivity index (χ1v) is 16.3. The summed E-state index contributed by atoms with van der Waals surface area (Å²) in [4.78, 5) is 42.7. The Bertz CT molecular complexity index is 1500. The number of aromatic nitrogens is 3. The highest BCUT2D eigenvalue weighted by Gasteiger charge is 2.29. The molecule has 0 radical (unpaired) electrons. The molecule has 1 fully saturated rings. The number of anilines is 3. The second-order valence-corrected chi connectivity index (χ2v) is 13.0. The number of hydrogen-bond donors (Lipinski definition) is 3. The fourth-order valence-corrected chi connectivity index (χ4v) is 6.05. The number of carbonyl (C=O) groups excluding carboxylic acids is 2. The van der Waals surface area contributed by atoms with Crippen molar-refractivity contribution in [3.8, 4) is 5.75 Å². The summed E-state index contributed by atoms with van der Waals surface area (Å²) in [5, 5.41) is 9.66. The molecule has 46 heavy (non-hydrogen) atoms. The number of aryl methyl sites for hydroxylation is 1. The fourth-order valence-electron chi connectivity index (χ4n) is 6.05. The van der Waals surface area contributed by atoms with Crippen LogP contribution in [0.5, 0.6) is 5.75 Å². The third-order valence-electron chi connectivity index (χ3n) is 8.43. The highest BCUT2D eigenvalue weighted by atomic mass is 16.6. The maximum Gasteiger partial charge on any atom is 0.331 e. The molecule has 1 amide bonds. The third kappa shape index (κ3) is 8.44. The molecule has 2 aromatic heterocycles. The Morgan fingerprint density at radius 3 is 2.54 bits per heavy atom. The SMILES string of the molecule is CCc1c(NC[C@H](NC(=O)Cc2ccc(OC)cc2)C(=O)OC(C)(C)C)ncnc1N1CCC(c2ccc3c(n2)NCCC3)CC1. The van der Waals surface area contributed by atoms with E-state index < -0.39 is 17.6 Å². The number of rotatable bonds is 11. The highest BCUT2D eigenvalue weighted by Crippen LogP contribution is 2.33. The summed E-state index contributed by atoms with van der Waals surface area (Å²) in [7, 11) is 1.60. The number of nitrogens with zero attached hydrogens (tertiary/aromatic N) is 4. The van der Waals surface area contributed by atoms with Gasteiger partial charge in [0, 0.05) is 43.4 Å². The molecule has 1 atom stereocenters. The Kier molecular flexibility index (Phi) is 10.6. The van der Waals surface area contributed by atoms with E-state index in [9.17, 15) is 9.59 Å². The number of piperidine rings is 1. The molecule has 2 aliphatic heterocycles. The first kappa shape index (κ1) is 33.0. The van der Waals surface area contributed by atoms with Crippen LogP contribution in [0.2, 0.25) is 0 Å². The molecule has 3 aromatic rings. The number of ether oxygens (including phenoxy) is 2. The van der Waals surface area contributed by atoms with Gasteiger partial charge in [-0.25, -0.2) is 19.7 Å². The molecule has 1 saturated heterocycles. The van der Waals surface area contributed by atoms with Crippen LogP contribution in [0, 0.1) is 0 Å². The Labute approximate surface area is 271 Å². The van der Waals surface area contributed by atoms with E-state index in [4.69, 9.17) is 14.5 Å². The van der Waals surface area contributed by atoms with Crippen LogP contribution in [0.25, 0.3) is 0 Å². The van der Waals surface area contributed by atoms with Crippen molar-refractivity contribution >= 4 is 29.3 Å². The van der Waals surface area contributed by atoms with Crippen molar-refractivity contribution in [2.75, 3.05) is 48.8 Å². The molecule has 11 nitrogen and oxygen atoms in total. The molecule has 0 unspecified atom stereocenters. The van der Waals surface area contributed by atoms with Crippen molar-refractivity contribution in [1.29, 1.82) is 0 Å². The van der Waals surface area contributed by atoms with E-state index >= 15 is 0 Å². The predicted molar refractivity (Wildman–Crippen MR) is 180 cm³/mol. The highest BCUT2D eigenvalue weighted by molar-refractivity contribution is 5.86. The molecule has 3 N–H and O–H groups in total. The molecule has 11 heteroatoms. The van der Waals surface area contributed by atoms with Crippen LogP contribution in [0.4, 0.5) is 17.5 Å². The van der Waals surface area contributed by atoms with Gasteiger partial charge in [0.05, 0.1) is 13.5 Å². The van der Waals surface area contributed by atoms with Gasteiger partial charge < -0.3 is 30.3 Å². The Balaban J connectivity index is 1.24. The molecular weight excluding hydrogens is 582 g/mol. The zero-order chi connectivity index (χ0) is 32.7. The van der Waals surface area contributed by atoms with Crippen LogP contribution in [-0.4, -0.2) is 71.8 Å². The largest absolute Gasteiger partial charge is 0.497 e. The maximum absolute atomic E-state index is 13.2. The smallest absolute Gasteiger partial charge is 0.331 e. The number of benzene rings is 1. The summed E-state index contributed by atoms with van der Waals surface area (Å²) in [6.07, 6.45) is 6.61. The molecule has 1 aromatic carbocycles. The number of methoxy groups -OCH3 is 1. The van der Waals surface area contributed by atoms with E-state index in [1.807, 2.05) is 32.9 Å². The van der Waals surface area contributed by atoms with Gasteiger partial charge in [0.15, 0.2) is 0 Å². The second kappa shape index (κ2) is 14.8. The van der Waals surface area contributed by atoms with E-state index in [2.05, 4.69) is 49.9 Å². The number of hydrogen-bond acceptors (Lipinski definition) is 10. The van der Waals surface area contributed by atoms with Crippen LogP contribution in [0.3, 0.4) is 0 Å². The van der Waals surface area contributed by atoms with E-state index in [-0.39, 0.29) is 18.9 Å². The van der Waals surface area contributed by atoms with Crippen LogP contribution < -0.4 is 25.6 Å². The van der Waals surface area contributed by atoms with E-state index in [1.165, 1.54) is 5.56 Å². The second-order valence-electron chi connectivity index (χ2n) is 13.0. The van der Waals surface area contributed by atoms with Crippen molar-refractivity contribution < 1.29 is 19.1 Å². The lowest BCUT2D eigenvalue weighted by molar-refractivity contribution is -0.158. The number of esters is 1. The van der Waals surface area contributed by atoms with Crippen molar-refractivity contribution in [2.24, 2.45) is 0 Å². The summed E-state index contributed by atoms with van der Waals surface area (Å²) < 4.78 is 10.9. The van der Waals surface area contributed by atoms with Gasteiger partial charge >= 0.3 is 5.97 Å². The van der Waals surface area contributed by atoms with E-state index in [0.717, 1.165) is 73.8 Å². The molecular formula is C35H47N7O4. The summed E-state index contributed by atoms with van der Waals surface area (Å²) in [5.74, 6) is 2.92. The van der Waals surface area contributed by atoms with Gasteiger partial charge in [0.25, 0.3) is 0 Å². The average molecular weight is 630 g/mol. The molecule has 5 rings (SSSR count). The van der Waals surface area contributed by atoms with Crippen molar-refractivity contribution in [2.45, 2.75) is 83.8 Å². The molecule has 4 heterocycles. The first-order chi connectivity index (χ1) is 22.1. The Morgan fingerprint density at radius 1 is 1.09 bits per heavy atom. The Morgan fingerprint density at radius 2 is 1.85 bits per heavy atom. The summed E-state index contributed by atoms with van der Waals surface area (Å²) in [6, 6.07) is 10.8. The molecule has 246 valence electrons. The zero-order valence-corrected chi connectivity index (χ0v) is 27.7. The van der Waals surface area contributed by atoms with Gasteiger partial charge in [-0.05, 0) is 82.2 Å². The number of pyridine rings is 1. The van der Waals surface area contributed by atoms with Gasteiger partial charge in [-0.1, -0.05) is 25.1 Å². The normalized spacial score (nSPS) is 15.7. The maximum atomic E-state index is 13.2.